The van der Waals surface area contributed by atoms with Crippen LogP contribution in [0.5, 0.6) is 5.75 Å². The summed E-state index contributed by atoms with van der Waals surface area (Å²) in [5.74, 6) is 0.0703. The third-order valence-corrected chi connectivity index (χ3v) is 7.63. The number of hydrogen-bond acceptors (Lipinski definition) is 8. The first-order valence-electron chi connectivity index (χ1n) is 13.6. The van der Waals surface area contributed by atoms with Crippen molar-refractivity contribution in [2.75, 3.05) is 18.8 Å². The third-order valence-electron chi connectivity index (χ3n) is 7.63. The summed E-state index contributed by atoms with van der Waals surface area (Å²) in [6.45, 7) is 0.965. The quantitative estimate of drug-likeness (QED) is 0.288. The van der Waals surface area contributed by atoms with Gasteiger partial charge in [0.1, 0.15) is 17.9 Å². The number of carbonyl (C=O) groups is 2. The molecule has 3 N–H and O–H groups in total. The highest BCUT2D eigenvalue weighted by Crippen LogP contribution is 2.35. The van der Waals surface area contributed by atoms with E-state index < -0.39 is 0 Å². The van der Waals surface area contributed by atoms with E-state index in [0.717, 1.165) is 39.9 Å². The van der Waals surface area contributed by atoms with Crippen molar-refractivity contribution < 1.29 is 14.7 Å². The second-order valence-corrected chi connectivity index (χ2v) is 10.1. The van der Waals surface area contributed by atoms with Crippen LogP contribution in [0.4, 0.5) is 5.82 Å². The number of aromatic nitrogens is 5. The molecule has 1 aliphatic rings. The molecule has 0 spiro atoms. The zero-order chi connectivity index (χ0) is 28.3. The van der Waals surface area contributed by atoms with E-state index in [2.05, 4.69) is 15.1 Å². The molecular weight excluding hydrogens is 518 g/mol. The Kier molecular flexibility index (Phi) is 7.11. The summed E-state index contributed by atoms with van der Waals surface area (Å²) in [7, 11) is 0. The van der Waals surface area contributed by atoms with Crippen molar-refractivity contribution in [3.05, 3.63) is 90.1 Å². The van der Waals surface area contributed by atoms with Crippen LogP contribution in [0.3, 0.4) is 0 Å². The molecule has 0 atom stereocenters. The Morgan fingerprint density at radius 3 is 2.51 bits per heavy atom. The summed E-state index contributed by atoms with van der Waals surface area (Å²) >= 11 is 0. The third kappa shape index (κ3) is 5.00. The number of carbonyl (C=O) groups excluding carboxylic acids is 2. The summed E-state index contributed by atoms with van der Waals surface area (Å²) in [5, 5.41) is 14.6. The molecule has 206 valence electrons. The summed E-state index contributed by atoms with van der Waals surface area (Å²) in [6.07, 6.45) is 8.02. The average Bonchev–Trinajstić information content (AvgIpc) is 3.45. The number of likely N-dealkylation sites (tertiary alicyclic amines) is 1. The van der Waals surface area contributed by atoms with Crippen LogP contribution in [0.15, 0.2) is 73.2 Å². The number of aldehydes is 1. The summed E-state index contributed by atoms with van der Waals surface area (Å²) in [5.41, 5.74) is 12.6. The van der Waals surface area contributed by atoms with Crippen LogP contribution in [-0.4, -0.2) is 59.9 Å². The highest BCUT2D eigenvalue weighted by Gasteiger charge is 2.30. The number of rotatable bonds is 7. The Morgan fingerprint density at radius 2 is 1.80 bits per heavy atom. The van der Waals surface area contributed by atoms with Gasteiger partial charge < -0.3 is 20.5 Å². The van der Waals surface area contributed by atoms with Crippen LogP contribution in [-0.2, 0) is 11.2 Å². The molecule has 10 nitrogen and oxygen atoms in total. The number of pyridine rings is 2. The molecule has 5 heterocycles. The zero-order valence-corrected chi connectivity index (χ0v) is 22.3. The molecule has 1 amide bonds. The van der Waals surface area contributed by atoms with Crippen molar-refractivity contribution in [1.29, 1.82) is 0 Å². The molecule has 0 radical (unpaired) electrons. The minimum Gasteiger partial charge on any atom is -0.505 e. The molecule has 5 aromatic rings. The van der Waals surface area contributed by atoms with Gasteiger partial charge in [-0.3, -0.25) is 9.78 Å². The molecule has 0 saturated carbocycles. The van der Waals surface area contributed by atoms with Gasteiger partial charge in [-0.25, -0.2) is 9.97 Å². The number of nitrogens with zero attached hydrogens (tertiary/aromatic N) is 6. The summed E-state index contributed by atoms with van der Waals surface area (Å²) < 4.78 is 1.63. The van der Waals surface area contributed by atoms with E-state index in [0.29, 0.717) is 50.2 Å². The minimum atomic E-state index is -0.296. The molecular formula is C31H29N7O3. The molecule has 0 unspecified atom stereocenters. The molecule has 1 saturated heterocycles. The van der Waals surface area contributed by atoms with Gasteiger partial charge in [-0.2, -0.15) is 9.61 Å². The number of nitrogens with two attached hydrogens (primary N) is 1. The second kappa shape index (κ2) is 11.2. The molecule has 1 fully saturated rings. The van der Waals surface area contributed by atoms with Crippen molar-refractivity contribution in [2.45, 2.75) is 31.6 Å². The molecule has 0 aliphatic carbocycles. The highest BCUT2D eigenvalue weighted by atomic mass is 16.3. The van der Waals surface area contributed by atoms with E-state index >= 15 is 0 Å². The number of fused-ring (bicyclic) bond motifs is 1. The summed E-state index contributed by atoms with van der Waals surface area (Å²) in [4.78, 5) is 39.8. The lowest BCUT2D eigenvalue weighted by atomic mass is 9.89. The Balaban J connectivity index is 1.32. The highest BCUT2D eigenvalue weighted by molar-refractivity contribution is 5.94. The molecule has 41 heavy (non-hydrogen) atoms. The van der Waals surface area contributed by atoms with E-state index in [4.69, 9.17) is 10.7 Å². The maximum Gasteiger partial charge on any atom is 0.276 e. The van der Waals surface area contributed by atoms with Gasteiger partial charge >= 0.3 is 0 Å². The number of piperidine rings is 1. The Labute approximate surface area is 236 Å². The lowest BCUT2D eigenvalue weighted by Crippen LogP contribution is -2.38. The smallest absolute Gasteiger partial charge is 0.276 e. The maximum absolute atomic E-state index is 13.0. The van der Waals surface area contributed by atoms with Crippen molar-refractivity contribution in [1.82, 2.24) is 29.5 Å². The van der Waals surface area contributed by atoms with E-state index in [1.807, 2.05) is 48.7 Å². The van der Waals surface area contributed by atoms with Crippen LogP contribution >= 0.6 is 0 Å². The van der Waals surface area contributed by atoms with Gasteiger partial charge in [0, 0.05) is 60.1 Å². The number of amides is 1. The fraction of sp³-hybridized carbons (Fsp3) is 0.226. The predicted octanol–water partition coefficient (Wildman–Crippen LogP) is 4.29. The van der Waals surface area contributed by atoms with Crippen LogP contribution in [0.1, 0.15) is 46.9 Å². The van der Waals surface area contributed by atoms with Gasteiger partial charge in [0.25, 0.3) is 5.91 Å². The second-order valence-electron chi connectivity index (χ2n) is 10.1. The van der Waals surface area contributed by atoms with Crippen LogP contribution in [0.25, 0.3) is 28.0 Å². The zero-order valence-electron chi connectivity index (χ0n) is 22.3. The summed E-state index contributed by atoms with van der Waals surface area (Å²) in [6, 6.07) is 17.0. The van der Waals surface area contributed by atoms with Crippen molar-refractivity contribution in [3.63, 3.8) is 0 Å². The fourth-order valence-corrected chi connectivity index (χ4v) is 5.47. The minimum absolute atomic E-state index is 0.0339. The molecule has 10 heteroatoms. The number of hydrogen-bond donors (Lipinski definition) is 2. The largest absolute Gasteiger partial charge is 0.505 e. The number of anilines is 1. The number of nitrogen functional groups attached to an aromatic ring is 1. The Hall–Kier alpha value is -5.12. The normalized spacial score (nSPS) is 13.9. The lowest BCUT2D eigenvalue weighted by Gasteiger charge is -2.32. The molecule has 1 aromatic carbocycles. The SMILES string of the molecule is Nc1c(CCC=O)c(C2CCN(C(=O)c3ncccc3O)CC2)nc2c(-c3ccc(-c4ccccc4)nc3)cnn12. The molecule has 6 rings (SSSR count). The van der Waals surface area contributed by atoms with E-state index in [9.17, 15) is 14.7 Å². The molecule has 4 aromatic heterocycles. The first-order chi connectivity index (χ1) is 20.0. The van der Waals surface area contributed by atoms with Crippen LogP contribution in [0.2, 0.25) is 0 Å². The van der Waals surface area contributed by atoms with E-state index in [1.165, 1.54) is 12.3 Å². The van der Waals surface area contributed by atoms with E-state index in [1.54, 1.807) is 21.7 Å². The number of aromatic hydroxyl groups is 1. The predicted molar refractivity (Wildman–Crippen MR) is 154 cm³/mol. The monoisotopic (exact) mass is 547 g/mol. The first kappa shape index (κ1) is 26.1. The van der Waals surface area contributed by atoms with Gasteiger partial charge in [0.05, 0.1) is 17.6 Å². The topological polar surface area (TPSA) is 140 Å². The van der Waals surface area contributed by atoms with Crippen molar-refractivity contribution >= 4 is 23.7 Å². The Bertz CT molecular complexity index is 1710. The standard InChI is InChI=1S/C31H29N7O3/c32-29-23(8-5-17-39)27(21-12-15-37(16-13-21)31(41)28-26(40)9-4-14-33-28)36-30-24(19-35-38(29)30)22-10-11-25(34-18-22)20-6-2-1-3-7-20/h1-4,6-7,9-11,14,17-19,21,40H,5,8,12-13,15-16,32H2. The number of benzene rings is 1. The Morgan fingerprint density at radius 1 is 1.00 bits per heavy atom. The van der Waals surface area contributed by atoms with Crippen molar-refractivity contribution in [3.8, 4) is 28.1 Å². The van der Waals surface area contributed by atoms with Crippen molar-refractivity contribution in [2.24, 2.45) is 0 Å². The van der Waals surface area contributed by atoms with Gasteiger partial charge in [0.2, 0.25) is 0 Å². The van der Waals surface area contributed by atoms with Crippen LogP contribution in [0, 0.1) is 0 Å². The molecule has 1 aliphatic heterocycles. The van der Waals surface area contributed by atoms with Gasteiger partial charge in [-0.15, -0.1) is 0 Å². The maximum atomic E-state index is 13.0. The van der Waals surface area contributed by atoms with Gasteiger partial charge in [0.15, 0.2) is 11.3 Å². The van der Waals surface area contributed by atoms with Gasteiger partial charge in [-0.05, 0) is 37.5 Å². The first-order valence-corrected chi connectivity index (χ1v) is 13.6. The van der Waals surface area contributed by atoms with E-state index in [-0.39, 0.29) is 23.3 Å². The van der Waals surface area contributed by atoms with Gasteiger partial charge in [-0.1, -0.05) is 36.4 Å². The van der Waals surface area contributed by atoms with Crippen LogP contribution < -0.4 is 5.73 Å². The lowest BCUT2D eigenvalue weighted by molar-refractivity contribution is -0.107. The fourth-order valence-electron chi connectivity index (χ4n) is 5.47. The average molecular weight is 548 g/mol. The molecule has 0 bridgehead atoms.